The van der Waals surface area contributed by atoms with Crippen molar-refractivity contribution in [3.05, 3.63) is 47.4 Å². The largest absolute Gasteiger partial charge is 0.341 e. The molecule has 0 radical (unpaired) electrons. The van der Waals surface area contributed by atoms with Crippen LogP contribution >= 0.6 is 11.3 Å². The molecule has 0 bridgehead atoms. The van der Waals surface area contributed by atoms with Crippen LogP contribution in [0.25, 0.3) is 21.8 Å². The molecule has 0 N–H and O–H groups in total. The first kappa shape index (κ1) is 19.6. The summed E-state index contributed by atoms with van der Waals surface area (Å²) in [6, 6.07) is 8.61. The predicted octanol–water partition coefficient (Wildman–Crippen LogP) is 4.82. The van der Waals surface area contributed by atoms with Gasteiger partial charge in [0.25, 0.3) is 0 Å². The summed E-state index contributed by atoms with van der Waals surface area (Å²) in [5.74, 6) is 1.03. The van der Waals surface area contributed by atoms with Crippen molar-refractivity contribution in [2.45, 2.75) is 31.6 Å². The van der Waals surface area contributed by atoms with Crippen molar-refractivity contribution in [2.75, 3.05) is 38.1 Å². The second-order valence-corrected chi connectivity index (χ2v) is 9.28. The maximum Gasteiger partial charge on any atom is 0.225 e. The zero-order valence-electron chi connectivity index (χ0n) is 17.2. The zero-order chi connectivity index (χ0) is 20.5. The summed E-state index contributed by atoms with van der Waals surface area (Å²) < 4.78 is 13.5. The van der Waals surface area contributed by atoms with E-state index in [9.17, 15) is 4.39 Å². The molecule has 3 aromatic rings. The lowest BCUT2D eigenvalue weighted by atomic mass is 9.98. The summed E-state index contributed by atoms with van der Waals surface area (Å²) >= 11 is 1.74. The number of hydrogen-bond acceptors (Lipinski definition) is 6. The van der Waals surface area contributed by atoms with Crippen LogP contribution in [0, 0.1) is 5.82 Å². The third-order valence-electron chi connectivity index (χ3n) is 6.09. The fourth-order valence-electron chi connectivity index (χ4n) is 4.29. The minimum atomic E-state index is -0.232. The van der Waals surface area contributed by atoms with Gasteiger partial charge in [0.1, 0.15) is 5.82 Å². The van der Waals surface area contributed by atoms with Crippen LogP contribution in [0.3, 0.4) is 0 Å². The van der Waals surface area contributed by atoms with Gasteiger partial charge >= 0.3 is 0 Å². The van der Waals surface area contributed by atoms with E-state index in [-0.39, 0.29) is 5.82 Å². The van der Waals surface area contributed by atoms with E-state index in [1.54, 1.807) is 11.3 Å². The van der Waals surface area contributed by atoms with Crippen molar-refractivity contribution in [3.8, 4) is 21.8 Å². The highest BCUT2D eigenvalue weighted by molar-refractivity contribution is 7.15. The molecule has 0 atom stereocenters. The fourth-order valence-corrected chi connectivity index (χ4v) is 5.52. The molecule has 30 heavy (non-hydrogen) atoms. The van der Waals surface area contributed by atoms with Crippen LogP contribution in [0.15, 0.2) is 36.5 Å². The van der Waals surface area contributed by atoms with Gasteiger partial charge in [-0.15, -0.1) is 11.3 Å². The second-order valence-electron chi connectivity index (χ2n) is 8.25. The Morgan fingerprint density at radius 3 is 2.43 bits per heavy atom. The van der Waals surface area contributed by atoms with Gasteiger partial charge < -0.3 is 9.80 Å². The van der Waals surface area contributed by atoms with Gasteiger partial charge in [-0.05, 0) is 76.2 Å². The number of aromatic nitrogens is 3. The van der Waals surface area contributed by atoms with Gasteiger partial charge in [0, 0.05) is 30.8 Å². The van der Waals surface area contributed by atoms with Gasteiger partial charge in [-0.1, -0.05) is 0 Å². The molecule has 0 amide bonds. The molecule has 2 aromatic heterocycles. The topological polar surface area (TPSA) is 45.2 Å². The van der Waals surface area contributed by atoms with E-state index in [2.05, 4.69) is 21.8 Å². The first-order chi connectivity index (χ1) is 14.7. The monoisotopic (exact) mass is 423 g/mol. The third-order valence-corrected chi connectivity index (χ3v) is 7.33. The molecule has 0 spiro atoms. The Hall–Kier alpha value is -2.38. The van der Waals surface area contributed by atoms with E-state index in [4.69, 9.17) is 9.97 Å². The zero-order valence-corrected chi connectivity index (χ0v) is 18.0. The minimum absolute atomic E-state index is 0.232. The van der Waals surface area contributed by atoms with Crippen LogP contribution in [0.2, 0.25) is 0 Å². The Morgan fingerprint density at radius 2 is 1.70 bits per heavy atom. The summed E-state index contributed by atoms with van der Waals surface area (Å²) in [6.07, 6.45) is 6.47. The summed E-state index contributed by atoms with van der Waals surface area (Å²) in [6.45, 7) is 4.21. The molecule has 7 heteroatoms. The van der Waals surface area contributed by atoms with Crippen LogP contribution < -0.4 is 4.90 Å². The van der Waals surface area contributed by atoms with Crippen molar-refractivity contribution in [1.82, 2.24) is 19.9 Å². The second kappa shape index (κ2) is 8.40. The number of halogens is 1. The number of benzene rings is 1. The molecule has 1 aromatic carbocycles. The summed E-state index contributed by atoms with van der Waals surface area (Å²) in [5.41, 5.74) is 2.74. The Bertz CT molecular complexity index is 1000. The molecule has 0 saturated carbocycles. The Kier molecular flexibility index (Phi) is 5.48. The Balaban J connectivity index is 1.55. The van der Waals surface area contributed by atoms with E-state index < -0.39 is 0 Å². The van der Waals surface area contributed by atoms with Gasteiger partial charge in [0.05, 0.1) is 21.3 Å². The van der Waals surface area contributed by atoms with E-state index in [1.165, 1.54) is 30.0 Å². The quantitative estimate of drug-likeness (QED) is 0.602. The van der Waals surface area contributed by atoms with E-state index in [1.807, 2.05) is 24.4 Å². The highest BCUT2D eigenvalue weighted by Gasteiger charge is 2.25. The molecule has 5 rings (SSSR count). The normalized spacial score (nSPS) is 18.3. The Labute approximate surface area is 180 Å². The van der Waals surface area contributed by atoms with Crippen molar-refractivity contribution in [2.24, 2.45) is 0 Å². The minimum Gasteiger partial charge on any atom is -0.341 e. The van der Waals surface area contributed by atoms with Crippen molar-refractivity contribution in [1.29, 1.82) is 0 Å². The number of thiazole rings is 1. The molecule has 0 unspecified atom stereocenters. The van der Waals surface area contributed by atoms with Crippen LogP contribution in [-0.4, -0.2) is 53.1 Å². The van der Waals surface area contributed by atoms with Gasteiger partial charge in [-0.3, -0.25) is 0 Å². The average molecular weight is 424 g/mol. The number of hydrogen-bond donors (Lipinski definition) is 0. The standard InChI is InChI=1S/C23H26FN5S/c1-28-14-9-17(10-15-28)22-27-20(16-4-6-18(24)7-5-16)21(30-22)19-8-11-25-23(26-19)29-12-2-3-13-29/h4-8,11,17H,2-3,9-10,12-15H2,1H3. The van der Waals surface area contributed by atoms with Crippen molar-refractivity contribution >= 4 is 17.3 Å². The van der Waals surface area contributed by atoms with Gasteiger partial charge in [-0.2, -0.15) is 0 Å². The SMILES string of the molecule is CN1CCC(c2nc(-c3ccc(F)cc3)c(-c3ccnc(N4CCCC4)n3)s2)CC1. The summed E-state index contributed by atoms with van der Waals surface area (Å²) in [4.78, 5) is 20.2. The number of rotatable bonds is 4. The molecule has 156 valence electrons. The number of anilines is 1. The highest BCUT2D eigenvalue weighted by Crippen LogP contribution is 2.41. The molecular weight excluding hydrogens is 397 g/mol. The van der Waals surface area contributed by atoms with E-state index >= 15 is 0 Å². The van der Waals surface area contributed by atoms with Crippen LogP contribution in [0.4, 0.5) is 10.3 Å². The van der Waals surface area contributed by atoms with E-state index in [0.717, 1.165) is 66.8 Å². The molecular formula is C23H26FN5S. The summed E-state index contributed by atoms with van der Waals surface area (Å²) in [7, 11) is 2.17. The van der Waals surface area contributed by atoms with Crippen LogP contribution in [0.5, 0.6) is 0 Å². The number of likely N-dealkylation sites (tertiary alicyclic amines) is 1. The molecule has 0 aliphatic carbocycles. The molecule has 2 fully saturated rings. The average Bonchev–Trinajstić information content (AvgIpc) is 3.46. The van der Waals surface area contributed by atoms with Crippen molar-refractivity contribution in [3.63, 3.8) is 0 Å². The fraction of sp³-hybridized carbons (Fsp3) is 0.435. The molecule has 2 saturated heterocycles. The molecule has 2 aliphatic rings. The molecule has 2 aliphatic heterocycles. The van der Waals surface area contributed by atoms with E-state index in [0.29, 0.717) is 5.92 Å². The smallest absolute Gasteiger partial charge is 0.225 e. The highest BCUT2D eigenvalue weighted by atomic mass is 32.1. The molecule has 4 heterocycles. The van der Waals surface area contributed by atoms with Crippen LogP contribution in [-0.2, 0) is 0 Å². The Morgan fingerprint density at radius 1 is 0.967 bits per heavy atom. The molecule has 5 nitrogen and oxygen atoms in total. The first-order valence-electron chi connectivity index (χ1n) is 10.7. The maximum absolute atomic E-state index is 13.5. The van der Waals surface area contributed by atoms with Gasteiger partial charge in [0.2, 0.25) is 5.95 Å². The lowest BCUT2D eigenvalue weighted by Crippen LogP contribution is -2.29. The van der Waals surface area contributed by atoms with Crippen molar-refractivity contribution < 1.29 is 4.39 Å². The number of nitrogens with zero attached hydrogens (tertiary/aromatic N) is 5. The third kappa shape index (κ3) is 3.96. The number of piperidine rings is 1. The van der Waals surface area contributed by atoms with Gasteiger partial charge in [-0.25, -0.2) is 19.3 Å². The van der Waals surface area contributed by atoms with Crippen LogP contribution in [0.1, 0.15) is 36.6 Å². The van der Waals surface area contributed by atoms with Gasteiger partial charge in [0.15, 0.2) is 0 Å². The lowest BCUT2D eigenvalue weighted by Gasteiger charge is -2.27. The maximum atomic E-state index is 13.5. The lowest BCUT2D eigenvalue weighted by molar-refractivity contribution is 0.255. The first-order valence-corrected chi connectivity index (χ1v) is 11.5. The predicted molar refractivity (Wildman–Crippen MR) is 119 cm³/mol. The summed E-state index contributed by atoms with van der Waals surface area (Å²) in [5, 5.41) is 1.17.